The van der Waals surface area contributed by atoms with E-state index in [9.17, 15) is 4.79 Å². The predicted octanol–water partition coefficient (Wildman–Crippen LogP) is 0.561. The van der Waals surface area contributed by atoms with Gasteiger partial charge in [0.2, 0.25) is 0 Å². The number of hydrogen-bond acceptors (Lipinski definition) is 3. The summed E-state index contributed by atoms with van der Waals surface area (Å²) in [5.74, 6) is 0. The summed E-state index contributed by atoms with van der Waals surface area (Å²) < 4.78 is 3.73. The fraction of sp³-hybridized carbons (Fsp3) is 0.429. The quantitative estimate of drug-likeness (QED) is 0.875. The Labute approximate surface area is 111 Å². The lowest BCUT2D eigenvalue weighted by Gasteiger charge is -2.24. The Kier molecular flexibility index (Phi) is 3.21. The molecule has 0 bridgehead atoms. The Morgan fingerprint density at radius 3 is 3.05 bits per heavy atom. The zero-order valence-corrected chi connectivity index (χ0v) is 10.8. The molecule has 0 spiro atoms. The summed E-state index contributed by atoms with van der Waals surface area (Å²) in [6, 6.07) is 5.70. The molecule has 2 N–H and O–H groups in total. The Balaban J connectivity index is 1.88. The van der Waals surface area contributed by atoms with Crippen molar-refractivity contribution in [3.63, 3.8) is 0 Å². The zero-order chi connectivity index (χ0) is 13.2. The van der Waals surface area contributed by atoms with Crippen molar-refractivity contribution in [3.8, 4) is 0 Å². The number of nitrogens with two attached hydrogens (primary N) is 1. The number of rotatable bonds is 3. The largest absolute Gasteiger partial charge is 0.327 e. The molecule has 0 saturated carbocycles. The van der Waals surface area contributed by atoms with E-state index in [0.717, 1.165) is 31.5 Å². The number of aromatic nitrogens is 3. The Morgan fingerprint density at radius 2 is 2.26 bits per heavy atom. The highest BCUT2D eigenvalue weighted by Crippen LogP contribution is 2.19. The van der Waals surface area contributed by atoms with Gasteiger partial charge in [0.05, 0.1) is 6.54 Å². The van der Waals surface area contributed by atoms with Crippen LogP contribution >= 0.6 is 0 Å². The first kappa shape index (κ1) is 12.2. The molecule has 3 rings (SSSR count). The lowest BCUT2D eigenvalue weighted by molar-refractivity contribution is 0.481. The minimum Gasteiger partial charge on any atom is -0.327 e. The first-order valence-corrected chi connectivity index (χ1v) is 6.68. The predicted molar refractivity (Wildman–Crippen MR) is 72.9 cm³/mol. The van der Waals surface area contributed by atoms with E-state index in [2.05, 4.69) is 5.10 Å². The van der Waals surface area contributed by atoms with Gasteiger partial charge >= 0.3 is 0 Å². The number of aryl methyl sites for hydroxylation is 1. The second kappa shape index (κ2) is 5.01. The maximum Gasteiger partial charge on any atom is 0.250 e. The molecule has 0 aliphatic heterocycles. The smallest absolute Gasteiger partial charge is 0.250 e. The molecule has 0 fully saturated rings. The van der Waals surface area contributed by atoms with Crippen molar-refractivity contribution in [2.75, 3.05) is 0 Å². The number of pyridine rings is 1. The van der Waals surface area contributed by atoms with Crippen LogP contribution in [0.2, 0.25) is 0 Å². The highest BCUT2D eigenvalue weighted by molar-refractivity contribution is 5.25. The van der Waals surface area contributed by atoms with Crippen LogP contribution in [-0.2, 0) is 25.9 Å². The molecule has 1 atom stereocenters. The van der Waals surface area contributed by atoms with Gasteiger partial charge in [-0.1, -0.05) is 6.07 Å². The van der Waals surface area contributed by atoms with Crippen molar-refractivity contribution in [2.45, 2.75) is 38.4 Å². The van der Waals surface area contributed by atoms with Gasteiger partial charge in [-0.15, -0.1) is 0 Å². The minimum atomic E-state index is 0.0707. The van der Waals surface area contributed by atoms with Crippen molar-refractivity contribution >= 4 is 0 Å². The normalized spacial score (nSPS) is 18.3. The van der Waals surface area contributed by atoms with E-state index in [1.807, 2.05) is 27.6 Å². The van der Waals surface area contributed by atoms with E-state index in [4.69, 9.17) is 5.73 Å². The number of nitrogens with zero attached hydrogens (tertiary/aromatic N) is 3. The third-order valence-electron chi connectivity index (χ3n) is 3.74. The van der Waals surface area contributed by atoms with Crippen molar-refractivity contribution in [3.05, 3.63) is 52.2 Å². The lowest BCUT2D eigenvalue weighted by Crippen LogP contribution is -2.34. The molecule has 100 valence electrons. The molecule has 0 amide bonds. The van der Waals surface area contributed by atoms with Gasteiger partial charge in [0.1, 0.15) is 0 Å². The van der Waals surface area contributed by atoms with Gasteiger partial charge in [0.25, 0.3) is 5.56 Å². The number of fused-ring (bicyclic) bond motifs is 1. The monoisotopic (exact) mass is 258 g/mol. The Hall–Kier alpha value is -1.88. The van der Waals surface area contributed by atoms with Crippen molar-refractivity contribution in [1.29, 1.82) is 0 Å². The molecule has 2 aromatic rings. The first-order valence-electron chi connectivity index (χ1n) is 6.68. The molecule has 2 aromatic heterocycles. The molecular formula is C14H18N4O. The van der Waals surface area contributed by atoms with Crippen molar-refractivity contribution < 1.29 is 0 Å². The standard InChI is InChI=1S/C14H18N4O/c15-12-3-4-13-11(10-12)2-5-14(19)18(13)9-8-17-7-1-6-16-17/h1-2,5-7,12H,3-4,8-10,15H2/t12-/m1/s1. The van der Waals surface area contributed by atoms with E-state index in [-0.39, 0.29) is 11.6 Å². The first-order chi connectivity index (χ1) is 9.24. The molecule has 2 heterocycles. The summed E-state index contributed by atoms with van der Waals surface area (Å²) in [5, 5.41) is 4.17. The van der Waals surface area contributed by atoms with Gasteiger partial charge in [-0.3, -0.25) is 9.48 Å². The van der Waals surface area contributed by atoms with Gasteiger partial charge in [-0.05, 0) is 30.9 Å². The summed E-state index contributed by atoms with van der Waals surface area (Å²) in [6.07, 6.45) is 6.39. The van der Waals surface area contributed by atoms with Crippen LogP contribution in [0.4, 0.5) is 0 Å². The fourth-order valence-corrected chi connectivity index (χ4v) is 2.73. The summed E-state index contributed by atoms with van der Waals surface area (Å²) in [7, 11) is 0. The Morgan fingerprint density at radius 1 is 1.37 bits per heavy atom. The van der Waals surface area contributed by atoms with Gasteiger partial charge in [0.15, 0.2) is 0 Å². The van der Waals surface area contributed by atoms with E-state index in [1.54, 1.807) is 12.3 Å². The molecule has 5 nitrogen and oxygen atoms in total. The third kappa shape index (κ3) is 2.46. The summed E-state index contributed by atoms with van der Waals surface area (Å²) in [4.78, 5) is 12.0. The zero-order valence-electron chi connectivity index (χ0n) is 10.8. The number of hydrogen-bond donors (Lipinski definition) is 1. The lowest BCUT2D eigenvalue weighted by atomic mass is 9.92. The van der Waals surface area contributed by atoms with E-state index >= 15 is 0 Å². The molecule has 0 saturated heterocycles. The third-order valence-corrected chi connectivity index (χ3v) is 3.74. The van der Waals surface area contributed by atoms with Crippen molar-refractivity contribution in [2.24, 2.45) is 5.73 Å². The summed E-state index contributed by atoms with van der Waals surface area (Å²) in [5.41, 5.74) is 8.43. The molecule has 0 radical (unpaired) electrons. The molecule has 0 aromatic carbocycles. The van der Waals surface area contributed by atoms with Crippen molar-refractivity contribution in [1.82, 2.24) is 14.3 Å². The molecule has 5 heteroatoms. The Bertz CT molecular complexity index is 615. The van der Waals surface area contributed by atoms with E-state index < -0.39 is 0 Å². The molecule has 1 aliphatic carbocycles. The molecule has 1 aliphatic rings. The van der Waals surface area contributed by atoms with Crippen LogP contribution in [-0.4, -0.2) is 20.4 Å². The second-order valence-corrected chi connectivity index (χ2v) is 5.07. The van der Waals surface area contributed by atoms with Crippen LogP contribution in [0.15, 0.2) is 35.4 Å². The molecule has 19 heavy (non-hydrogen) atoms. The van der Waals surface area contributed by atoms with Crippen LogP contribution in [0.25, 0.3) is 0 Å². The topological polar surface area (TPSA) is 65.8 Å². The SMILES string of the molecule is N[C@@H]1CCc2c(ccc(=O)n2CCn2cccn2)C1. The van der Waals surface area contributed by atoms with Crippen LogP contribution in [0, 0.1) is 0 Å². The van der Waals surface area contributed by atoms with Crippen LogP contribution in [0.3, 0.4) is 0 Å². The van der Waals surface area contributed by atoms with Crippen LogP contribution in [0.1, 0.15) is 17.7 Å². The average molecular weight is 258 g/mol. The van der Waals surface area contributed by atoms with Gasteiger partial charge in [-0.2, -0.15) is 5.10 Å². The van der Waals surface area contributed by atoms with Crippen LogP contribution < -0.4 is 11.3 Å². The molecular weight excluding hydrogens is 240 g/mol. The second-order valence-electron chi connectivity index (χ2n) is 5.07. The van der Waals surface area contributed by atoms with E-state index in [1.165, 1.54) is 5.56 Å². The fourth-order valence-electron chi connectivity index (χ4n) is 2.73. The average Bonchev–Trinajstić information content (AvgIpc) is 2.91. The summed E-state index contributed by atoms with van der Waals surface area (Å²) >= 11 is 0. The minimum absolute atomic E-state index is 0.0707. The summed E-state index contributed by atoms with van der Waals surface area (Å²) in [6.45, 7) is 1.38. The highest BCUT2D eigenvalue weighted by Gasteiger charge is 2.18. The van der Waals surface area contributed by atoms with Crippen LogP contribution in [0.5, 0.6) is 0 Å². The maximum atomic E-state index is 12.0. The molecule has 0 unspecified atom stereocenters. The van der Waals surface area contributed by atoms with Gasteiger partial charge in [-0.25, -0.2) is 0 Å². The van der Waals surface area contributed by atoms with E-state index in [0.29, 0.717) is 6.54 Å². The highest BCUT2D eigenvalue weighted by atomic mass is 16.1. The van der Waals surface area contributed by atoms with Gasteiger partial charge in [0, 0.05) is 36.7 Å². The van der Waals surface area contributed by atoms with Gasteiger partial charge < -0.3 is 10.3 Å². The maximum absolute atomic E-state index is 12.0.